The number of halogens is 1. The summed E-state index contributed by atoms with van der Waals surface area (Å²) in [5.41, 5.74) is 3.69. The van der Waals surface area contributed by atoms with E-state index in [-0.39, 0.29) is 11.9 Å². The summed E-state index contributed by atoms with van der Waals surface area (Å²) in [6.45, 7) is 0. The minimum absolute atomic E-state index is 0.0509. The number of pyridine rings is 1. The molecule has 0 amide bonds. The molecule has 0 spiro atoms. The lowest BCUT2D eigenvalue weighted by Crippen LogP contribution is -2.31. The molecule has 1 heterocycles. The van der Waals surface area contributed by atoms with Crippen LogP contribution in [0.15, 0.2) is 18.3 Å². The molecule has 4 heteroatoms. The second kappa shape index (κ2) is 4.94. The van der Waals surface area contributed by atoms with E-state index in [0.717, 1.165) is 29.9 Å². The summed E-state index contributed by atoms with van der Waals surface area (Å²) < 4.78 is 12.9. The fourth-order valence-electron chi connectivity index (χ4n) is 3.84. The molecule has 3 N–H and O–H groups in total. The first-order valence-electron chi connectivity index (χ1n) is 6.84. The number of hydrogen-bond acceptors (Lipinski definition) is 3. The van der Waals surface area contributed by atoms with Gasteiger partial charge in [0.2, 0.25) is 0 Å². The number of rotatable bonds is 4. The predicted octanol–water partition coefficient (Wildman–Crippen LogP) is 2.55. The van der Waals surface area contributed by atoms with E-state index in [2.05, 4.69) is 10.4 Å². The predicted molar refractivity (Wildman–Crippen MR) is 67.8 cm³/mol. The van der Waals surface area contributed by atoms with Crippen LogP contribution < -0.4 is 11.3 Å². The van der Waals surface area contributed by atoms with Gasteiger partial charge < -0.3 is 0 Å². The highest BCUT2D eigenvalue weighted by atomic mass is 19.1. The number of hydrazine groups is 1. The lowest BCUT2D eigenvalue weighted by Gasteiger charge is -2.26. The molecule has 1 aromatic rings. The summed E-state index contributed by atoms with van der Waals surface area (Å²) in [5.74, 6) is 7.92. The zero-order valence-electron chi connectivity index (χ0n) is 10.5. The molecule has 4 atom stereocenters. The average molecular weight is 249 g/mol. The van der Waals surface area contributed by atoms with Crippen LogP contribution in [-0.2, 0) is 0 Å². The van der Waals surface area contributed by atoms with Crippen LogP contribution in [0.4, 0.5) is 4.39 Å². The number of nitrogens with zero attached hydrogens (tertiary/aromatic N) is 1. The standard InChI is InChI=1S/C14H20FN3/c15-12-3-4-13(17-8-12)14(18-16)7-11-6-9-1-2-10(11)5-9/h3-4,8-11,14,18H,1-2,5-7,16H2. The molecule has 2 aliphatic carbocycles. The van der Waals surface area contributed by atoms with Gasteiger partial charge in [0.1, 0.15) is 5.82 Å². The van der Waals surface area contributed by atoms with Crippen molar-refractivity contribution in [2.45, 2.75) is 38.1 Å². The minimum atomic E-state index is -0.297. The van der Waals surface area contributed by atoms with Crippen molar-refractivity contribution < 1.29 is 4.39 Å². The monoisotopic (exact) mass is 249 g/mol. The largest absolute Gasteiger partial charge is 0.271 e. The van der Waals surface area contributed by atoms with Gasteiger partial charge in [-0.3, -0.25) is 16.3 Å². The molecule has 3 rings (SSSR count). The first kappa shape index (κ1) is 12.1. The second-order valence-electron chi connectivity index (χ2n) is 5.79. The van der Waals surface area contributed by atoms with Gasteiger partial charge in [-0.15, -0.1) is 0 Å². The number of aromatic nitrogens is 1. The lowest BCUT2D eigenvalue weighted by atomic mass is 9.83. The van der Waals surface area contributed by atoms with Gasteiger partial charge in [0.25, 0.3) is 0 Å². The molecule has 3 nitrogen and oxygen atoms in total. The molecule has 1 aromatic heterocycles. The number of nitrogens with two attached hydrogens (primary N) is 1. The van der Waals surface area contributed by atoms with Gasteiger partial charge in [-0.2, -0.15) is 0 Å². The molecule has 0 aliphatic heterocycles. The Bertz CT molecular complexity index is 406. The summed E-state index contributed by atoms with van der Waals surface area (Å²) in [7, 11) is 0. The van der Waals surface area contributed by atoms with Crippen LogP contribution in [0, 0.1) is 23.6 Å². The van der Waals surface area contributed by atoms with Gasteiger partial charge in [-0.25, -0.2) is 4.39 Å². The van der Waals surface area contributed by atoms with E-state index in [1.165, 1.54) is 37.9 Å². The highest BCUT2D eigenvalue weighted by molar-refractivity contribution is 5.10. The van der Waals surface area contributed by atoms with Crippen molar-refractivity contribution in [2.24, 2.45) is 23.6 Å². The van der Waals surface area contributed by atoms with Gasteiger partial charge in [0.05, 0.1) is 17.9 Å². The van der Waals surface area contributed by atoms with Gasteiger partial charge in [-0.05, 0) is 55.6 Å². The highest BCUT2D eigenvalue weighted by Crippen LogP contribution is 2.50. The van der Waals surface area contributed by atoms with Crippen molar-refractivity contribution in [3.63, 3.8) is 0 Å². The van der Waals surface area contributed by atoms with E-state index < -0.39 is 0 Å². The Balaban J connectivity index is 1.67. The molecule has 0 aromatic carbocycles. The zero-order chi connectivity index (χ0) is 12.5. The Labute approximate surface area is 107 Å². The molecule has 2 fully saturated rings. The lowest BCUT2D eigenvalue weighted by molar-refractivity contribution is 0.278. The maximum absolute atomic E-state index is 12.9. The van der Waals surface area contributed by atoms with Gasteiger partial charge in [0, 0.05) is 0 Å². The normalized spacial score (nSPS) is 31.8. The smallest absolute Gasteiger partial charge is 0.141 e. The Morgan fingerprint density at radius 3 is 2.83 bits per heavy atom. The van der Waals surface area contributed by atoms with E-state index in [4.69, 9.17) is 5.84 Å². The van der Waals surface area contributed by atoms with Crippen molar-refractivity contribution in [1.82, 2.24) is 10.4 Å². The SMILES string of the molecule is NNC(CC1CC2CCC1C2)c1ccc(F)cn1. The molecule has 2 aliphatic rings. The van der Waals surface area contributed by atoms with Crippen LogP contribution in [0.1, 0.15) is 43.8 Å². The third-order valence-corrected chi connectivity index (χ3v) is 4.73. The fourth-order valence-corrected chi connectivity index (χ4v) is 3.84. The van der Waals surface area contributed by atoms with Crippen LogP contribution >= 0.6 is 0 Å². The first-order chi connectivity index (χ1) is 8.76. The molecular weight excluding hydrogens is 229 g/mol. The van der Waals surface area contributed by atoms with Gasteiger partial charge in [0.15, 0.2) is 0 Å². The van der Waals surface area contributed by atoms with Crippen molar-refractivity contribution in [3.05, 3.63) is 29.8 Å². The summed E-state index contributed by atoms with van der Waals surface area (Å²) in [6.07, 6.45) is 7.82. The van der Waals surface area contributed by atoms with E-state index in [1.54, 1.807) is 6.07 Å². The highest BCUT2D eigenvalue weighted by Gasteiger charge is 2.40. The van der Waals surface area contributed by atoms with E-state index in [1.807, 2.05) is 0 Å². The van der Waals surface area contributed by atoms with Crippen LogP contribution in [-0.4, -0.2) is 4.98 Å². The topological polar surface area (TPSA) is 50.9 Å². The molecule has 18 heavy (non-hydrogen) atoms. The number of hydrogen-bond donors (Lipinski definition) is 2. The Morgan fingerprint density at radius 2 is 2.28 bits per heavy atom. The van der Waals surface area contributed by atoms with E-state index in [0.29, 0.717) is 0 Å². The molecule has 0 saturated heterocycles. The molecule has 0 radical (unpaired) electrons. The molecular formula is C14H20FN3. The van der Waals surface area contributed by atoms with Crippen LogP contribution in [0.5, 0.6) is 0 Å². The molecule has 4 unspecified atom stereocenters. The Hall–Kier alpha value is -1.00. The van der Waals surface area contributed by atoms with Crippen molar-refractivity contribution in [3.8, 4) is 0 Å². The average Bonchev–Trinajstić information content (AvgIpc) is 2.99. The number of nitrogens with one attached hydrogen (secondary N) is 1. The first-order valence-corrected chi connectivity index (χ1v) is 6.84. The quantitative estimate of drug-likeness (QED) is 0.637. The van der Waals surface area contributed by atoms with Gasteiger partial charge in [-0.1, -0.05) is 6.42 Å². The van der Waals surface area contributed by atoms with Crippen molar-refractivity contribution in [1.29, 1.82) is 0 Å². The van der Waals surface area contributed by atoms with E-state index in [9.17, 15) is 4.39 Å². The third-order valence-electron chi connectivity index (χ3n) is 4.73. The summed E-state index contributed by atoms with van der Waals surface area (Å²) >= 11 is 0. The van der Waals surface area contributed by atoms with Crippen LogP contribution in [0.2, 0.25) is 0 Å². The minimum Gasteiger partial charge on any atom is -0.271 e. The summed E-state index contributed by atoms with van der Waals surface area (Å²) in [6, 6.07) is 3.23. The van der Waals surface area contributed by atoms with Gasteiger partial charge >= 0.3 is 0 Å². The van der Waals surface area contributed by atoms with Crippen molar-refractivity contribution >= 4 is 0 Å². The fraction of sp³-hybridized carbons (Fsp3) is 0.643. The Kier molecular flexibility index (Phi) is 3.31. The number of fused-ring (bicyclic) bond motifs is 2. The molecule has 2 bridgehead atoms. The molecule has 2 saturated carbocycles. The maximum Gasteiger partial charge on any atom is 0.141 e. The second-order valence-corrected chi connectivity index (χ2v) is 5.79. The Morgan fingerprint density at radius 1 is 1.39 bits per heavy atom. The summed E-state index contributed by atoms with van der Waals surface area (Å²) in [5, 5.41) is 0. The third kappa shape index (κ3) is 2.27. The summed E-state index contributed by atoms with van der Waals surface area (Å²) in [4.78, 5) is 4.14. The maximum atomic E-state index is 12.9. The molecule has 98 valence electrons. The zero-order valence-corrected chi connectivity index (χ0v) is 10.5. The van der Waals surface area contributed by atoms with Crippen molar-refractivity contribution in [2.75, 3.05) is 0 Å². The van der Waals surface area contributed by atoms with E-state index >= 15 is 0 Å². The van der Waals surface area contributed by atoms with Crippen LogP contribution in [0.3, 0.4) is 0 Å². The van der Waals surface area contributed by atoms with Crippen LogP contribution in [0.25, 0.3) is 0 Å².